The van der Waals surface area contributed by atoms with Crippen LogP contribution in [0.3, 0.4) is 0 Å². The Morgan fingerprint density at radius 3 is 2.19 bits per heavy atom. The molecule has 7 nitrogen and oxygen atoms in total. The highest BCUT2D eigenvalue weighted by molar-refractivity contribution is 7.92. The number of carbonyl (C=O) groups excluding carboxylic acids is 2. The number of hydrogen-bond donors (Lipinski definition) is 1. The van der Waals surface area contributed by atoms with Gasteiger partial charge in [-0.3, -0.25) is 9.10 Å². The number of carbonyl (C=O) groups is 2. The number of aryl methyl sites for hydroxylation is 1. The minimum absolute atomic E-state index is 0.0597. The van der Waals surface area contributed by atoms with Crippen molar-refractivity contribution in [3.8, 4) is 0 Å². The van der Waals surface area contributed by atoms with Gasteiger partial charge in [-0.2, -0.15) is 0 Å². The van der Waals surface area contributed by atoms with Crippen LogP contribution in [0.25, 0.3) is 0 Å². The number of ether oxygens (including phenoxy) is 1. The van der Waals surface area contributed by atoms with Crippen LogP contribution in [0.4, 0.5) is 11.4 Å². The normalized spacial score (nSPS) is 11.0. The highest BCUT2D eigenvalue weighted by Gasteiger charge is 2.21. The van der Waals surface area contributed by atoms with Gasteiger partial charge in [-0.25, -0.2) is 13.2 Å². The second-order valence-electron chi connectivity index (χ2n) is 7.21. The number of anilines is 2. The van der Waals surface area contributed by atoms with Crippen LogP contribution in [0.5, 0.6) is 0 Å². The van der Waals surface area contributed by atoms with E-state index in [0.717, 1.165) is 5.56 Å². The molecule has 3 aromatic rings. The van der Waals surface area contributed by atoms with E-state index < -0.39 is 16.0 Å². The largest absolute Gasteiger partial charge is 0.465 e. The van der Waals surface area contributed by atoms with Gasteiger partial charge in [0.25, 0.3) is 10.0 Å². The second-order valence-corrected chi connectivity index (χ2v) is 9.18. The molecule has 0 fully saturated rings. The van der Waals surface area contributed by atoms with Crippen LogP contribution < -0.4 is 9.62 Å². The molecule has 1 amide bonds. The predicted octanol–water partition coefficient (Wildman–Crippen LogP) is 3.79. The summed E-state index contributed by atoms with van der Waals surface area (Å²) in [6.07, 6.45) is 0.0597. The van der Waals surface area contributed by atoms with E-state index in [0.29, 0.717) is 16.9 Å². The number of methoxy groups -OCH3 is 1. The lowest BCUT2D eigenvalue weighted by atomic mass is 10.1. The lowest BCUT2D eigenvalue weighted by molar-refractivity contribution is -0.115. The number of sulfonamides is 1. The smallest absolute Gasteiger partial charge is 0.339 e. The average molecular weight is 453 g/mol. The Morgan fingerprint density at radius 2 is 1.56 bits per heavy atom. The third kappa shape index (κ3) is 5.15. The molecule has 0 aliphatic carbocycles. The van der Waals surface area contributed by atoms with Crippen LogP contribution in [-0.2, 0) is 26.0 Å². The van der Waals surface area contributed by atoms with Gasteiger partial charge in [-0.1, -0.05) is 42.0 Å². The Bertz CT molecular complexity index is 1220. The van der Waals surface area contributed by atoms with Crippen LogP contribution in [0.1, 0.15) is 21.5 Å². The van der Waals surface area contributed by atoms with Gasteiger partial charge >= 0.3 is 5.97 Å². The van der Waals surface area contributed by atoms with Crippen molar-refractivity contribution in [2.45, 2.75) is 18.2 Å². The molecule has 0 radical (unpaired) electrons. The molecule has 1 N–H and O–H groups in total. The first-order valence-electron chi connectivity index (χ1n) is 9.84. The topological polar surface area (TPSA) is 92.8 Å². The van der Waals surface area contributed by atoms with Gasteiger partial charge in [0.2, 0.25) is 5.91 Å². The molecule has 0 aromatic heterocycles. The molecule has 166 valence electrons. The van der Waals surface area contributed by atoms with Gasteiger partial charge in [0.1, 0.15) is 0 Å². The van der Waals surface area contributed by atoms with Gasteiger partial charge < -0.3 is 10.1 Å². The summed E-state index contributed by atoms with van der Waals surface area (Å²) in [7, 11) is -0.928. The molecule has 3 rings (SSSR count). The van der Waals surface area contributed by atoms with Crippen molar-refractivity contribution in [1.82, 2.24) is 0 Å². The molecule has 3 aromatic carbocycles. The van der Waals surface area contributed by atoms with Crippen molar-refractivity contribution in [3.05, 3.63) is 89.5 Å². The fourth-order valence-corrected chi connectivity index (χ4v) is 4.29. The maximum atomic E-state index is 12.8. The summed E-state index contributed by atoms with van der Waals surface area (Å²) >= 11 is 0. The van der Waals surface area contributed by atoms with E-state index in [-0.39, 0.29) is 22.8 Å². The summed E-state index contributed by atoms with van der Waals surface area (Å²) in [6, 6.07) is 19.9. The predicted molar refractivity (Wildman–Crippen MR) is 123 cm³/mol. The SMILES string of the molecule is COC(=O)c1ccccc1NC(=O)Cc1ccc(N(C)S(=O)(=O)c2ccc(C)cc2)cc1. The van der Waals surface area contributed by atoms with Crippen LogP contribution >= 0.6 is 0 Å². The van der Waals surface area contributed by atoms with Gasteiger partial charge in [-0.05, 0) is 48.9 Å². The van der Waals surface area contributed by atoms with E-state index in [2.05, 4.69) is 5.32 Å². The number of benzene rings is 3. The number of nitrogens with one attached hydrogen (secondary N) is 1. The Labute approximate surface area is 187 Å². The Morgan fingerprint density at radius 1 is 0.938 bits per heavy atom. The van der Waals surface area contributed by atoms with E-state index in [9.17, 15) is 18.0 Å². The molecule has 0 atom stereocenters. The zero-order chi connectivity index (χ0) is 23.3. The molecule has 0 unspecified atom stereocenters. The highest BCUT2D eigenvalue weighted by atomic mass is 32.2. The van der Waals surface area contributed by atoms with Crippen molar-refractivity contribution in [3.63, 3.8) is 0 Å². The van der Waals surface area contributed by atoms with Crippen LogP contribution in [0.2, 0.25) is 0 Å². The summed E-state index contributed by atoms with van der Waals surface area (Å²) in [4.78, 5) is 24.5. The van der Waals surface area contributed by atoms with Crippen LogP contribution in [-0.4, -0.2) is 34.5 Å². The third-order valence-electron chi connectivity index (χ3n) is 4.95. The van der Waals surface area contributed by atoms with Crippen LogP contribution in [0.15, 0.2) is 77.7 Å². The van der Waals surface area contributed by atoms with Crippen molar-refractivity contribution in [2.75, 3.05) is 23.8 Å². The number of esters is 1. The van der Waals surface area contributed by atoms with E-state index in [1.165, 1.54) is 18.5 Å². The fourth-order valence-electron chi connectivity index (χ4n) is 3.09. The monoisotopic (exact) mass is 452 g/mol. The molecule has 0 heterocycles. The second kappa shape index (κ2) is 9.65. The minimum atomic E-state index is -3.69. The molecular weight excluding hydrogens is 428 g/mol. The standard InChI is InChI=1S/C24H24N2O5S/c1-17-8-14-20(15-9-17)32(29,30)26(2)19-12-10-18(11-13-19)16-23(27)25-22-7-5-4-6-21(22)24(28)31-3/h4-15H,16H2,1-3H3,(H,25,27). The molecule has 8 heteroatoms. The fraction of sp³-hybridized carbons (Fsp3) is 0.167. The molecular formula is C24H24N2O5S. The molecule has 0 spiro atoms. The van der Waals surface area contributed by atoms with E-state index in [1.807, 2.05) is 6.92 Å². The van der Waals surface area contributed by atoms with Gasteiger partial charge in [0.05, 0.1) is 35.4 Å². The van der Waals surface area contributed by atoms with Gasteiger partial charge in [0, 0.05) is 7.05 Å². The average Bonchev–Trinajstić information content (AvgIpc) is 2.79. The van der Waals surface area contributed by atoms with Gasteiger partial charge in [0.15, 0.2) is 0 Å². The molecule has 0 saturated carbocycles. The first-order chi connectivity index (χ1) is 15.2. The maximum Gasteiger partial charge on any atom is 0.339 e. The molecule has 0 aliphatic heterocycles. The summed E-state index contributed by atoms with van der Waals surface area (Å²) in [5, 5.41) is 2.72. The first-order valence-corrected chi connectivity index (χ1v) is 11.3. The number of rotatable bonds is 7. The summed E-state index contributed by atoms with van der Waals surface area (Å²) < 4.78 is 31.6. The zero-order valence-corrected chi connectivity index (χ0v) is 18.8. The minimum Gasteiger partial charge on any atom is -0.465 e. The van der Waals surface area contributed by atoms with Gasteiger partial charge in [-0.15, -0.1) is 0 Å². The first kappa shape index (κ1) is 23.0. The molecule has 0 aliphatic rings. The number of nitrogens with zero attached hydrogens (tertiary/aromatic N) is 1. The van der Waals surface area contributed by atoms with Crippen molar-refractivity contribution in [2.24, 2.45) is 0 Å². The van der Waals surface area contributed by atoms with Crippen LogP contribution in [0, 0.1) is 6.92 Å². The lowest BCUT2D eigenvalue weighted by Crippen LogP contribution is -2.26. The molecule has 0 saturated heterocycles. The summed E-state index contributed by atoms with van der Waals surface area (Å²) in [6.45, 7) is 1.89. The van der Waals surface area contributed by atoms with E-state index in [4.69, 9.17) is 4.74 Å². The lowest BCUT2D eigenvalue weighted by Gasteiger charge is -2.20. The highest BCUT2D eigenvalue weighted by Crippen LogP contribution is 2.23. The van der Waals surface area contributed by atoms with Crippen molar-refractivity contribution < 1.29 is 22.7 Å². The Balaban J connectivity index is 1.70. The molecule has 32 heavy (non-hydrogen) atoms. The van der Waals surface area contributed by atoms with Crippen molar-refractivity contribution in [1.29, 1.82) is 0 Å². The quantitative estimate of drug-likeness (QED) is 0.551. The molecule has 0 bridgehead atoms. The maximum absolute atomic E-state index is 12.8. The Hall–Kier alpha value is -3.65. The Kier molecular flexibility index (Phi) is 6.95. The van der Waals surface area contributed by atoms with E-state index >= 15 is 0 Å². The third-order valence-corrected chi connectivity index (χ3v) is 6.75. The summed E-state index contributed by atoms with van der Waals surface area (Å²) in [5.74, 6) is -0.849. The zero-order valence-electron chi connectivity index (χ0n) is 18.0. The number of amides is 1. The summed E-state index contributed by atoms with van der Waals surface area (Å²) in [5.41, 5.74) is 2.78. The van der Waals surface area contributed by atoms with Crippen molar-refractivity contribution >= 4 is 33.3 Å². The number of hydrogen-bond acceptors (Lipinski definition) is 5. The van der Waals surface area contributed by atoms with E-state index in [1.54, 1.807) is 72.8 Å². The number of para-hydroxylation sites is 1.